The zero-order chi connectivity index (χ0) is 20.2. The van der Waals surface area contributed by atoms with Crippen LogP contribution in [0, 0.1) is 6.92 Å². The van der Waals surface area contributed by atoms with Crippen LogP contribution in [0.25, 0.3) is 10.9 Å². The fraction of sp³-hybridized carbons (Fsp3) is 0.450. The van der Waals surface area contributed by atoms with E-state index >= 15 is 0 Å². The third kappa shape index (κ3) is 4.47. The van der Waals surface area contributed by atoms with E-state index < -0.39 is 0 Å². The number of anilines is 3. The molecule has 0 radical (unpaired) electrons. The lowest BCUT2D eigenvalue weighted by molar-refractivity contribution is 0.258. The minimum atomic E-state index is -0.112. The van der Waals surface area contributed by atoms with Gasteiger partial charge in [0.05, 0.1) is 24.1 Å². The molecule has 29 heavy (non-hydrogen) atoms. The number of nitrogens with one attached hydrogen (secondary N) is 4. The molecule has 1 aliphatic carbocycles. The van der Waals surface area contributed by atoms with Gasteiger partial charge in [0.1, 0.15) is 5.82 Å². The Morgan fingerprint density at radius 2 is 2.10 bits per heavy atom. The number of fused-ring (bicyclic) bond motifs is 1. The third-order valence-electron chi connectivity index (χ3n) is 5.49. The smallest absolute Gasteiger partial charge is 0.225 e. The highest BCUT2D eigenvalue weighted by Gasteiger charge is 2.23. The van der Waals surface area contributed by atoms with Crippen molar-refractivity contribution in [3.8, 4) is 0 Å². The van der Waals surface area contributed by atoms with E-state index in [1.807, 2.05) is 25.1 Å². The van der Waals surface area contributed by atoms with Gasteiger partial charge < -0.3 is 21.5 Å². The molecule has 0 spiro atoms. The number of hydrogen-bond donors (Lipinski definition) is 6. The maximum Gasteiger partial charge on any atom is 0.225 e. The summed E-state index contributed by atoms with van der Waals surface area (Å²) >= 11 is 0. The van der Waals surface area contributed by atoms with Crippen molar-refractivity contribution in [2.24, 2.45) is 5.73 Å². The molecule has 0 aliphatic heterocycles. The molecule has 2 heterocycles. The molecule has 9 heteroatoms. The molecule has 1 aromatic carbocycles. The van der Waals surface area contributed by atoms with Gasteiger partial charge in [-0.15, -0.1) is 0 Å². The minimum absolute atomic E-state index is 0.104. The predicted molar refractivity (Wildman–Crippen MR) is 114 cm³/mol. The highest BCUT2D eigenvalue weighted by Crippen LogP contribution is 2.26. The van der Waals surface area contributed by atoms with Gasteiger partial charge in [0.25, 0.3) is 0 Å². The molecule has 0 amide bonds. The molecule has 1 fully saturated rings. The summed E-state index contributed by atoms with van der Waals surface area (Å²) in [7, 11) is 0. The summed E-state index contributed by atoms with van der Waals surface area (Å²) < 4.78 is 0. The maximum absolute atomic E-state index is 9.16. The molecule has 0 bridgehead atoms. The van der Waals surface area contributed by atoms with E-state index in [-0.39, 0.29) is 18.8 Å². The Balaban J connectivity index is 1.63. The van der Waals surface area contributed by atoms with Crippen molar-refractivity contribution < 1.29 is 5.11 Å². The highest BCUT2D eigenvalue weighted by molar-refractivity contribution is 5.82. The Kier molecular flexibility index (Phi) is 5.89. The van der Waals surface area contributed by atoms with E-state index in [1.54, 1.807) is 6.20 Å². The average Bonchev–Trinajstić information content (AvgIpc) is 3.19. The van der Waals surface area contributed by atoms with E-state index in [9.17, 15) is 0 Å². The van der Waals surface area contributed by atoms with Gasteiger partial charge in [-0.3, -0.25) is 10.4 Å². The van der Waals surface area contributed by atoms with E-state index in [0.717, 1.165) is 52.9 Å². The van der Waals surface area contributed by atoms with Gasteiger partial charge in [-0.25, -0.2) is 4.98 Å². The molecule has 3 aromatic rings. The highest BCUT2D eigenvalue weighted by atomic mass is 16.3. The summed E-state index contributed by atoms with van der Waals surface area (Å²) in [5, 5.41) is 27.0. The lowest BCUT2D eigenvalue weighted by Crippen LogP contribution is -2.43. The average molecular weight is 396 g/mol. The van der Waals surface area contributed by atoms with Crippen molar-refractivity contribution in [2.45, 2.75) is 51.2 Å². The summed E-state index contributed by atoms with van der Waals surface area (Å²) in [6.45, 7) is 2.31. The third-order valence-corrected chi connectivity index (χ3v) is 5.49. The van der Waals surface area contributed by atoms with Crippen molar-refractivity contribution in [3.63, 3.8) is 0 Å². The Morgan fingerprint density at radius 1 is 1.24 bits per heavy atom. The van der Waals surface area contributed by atoms with Crippen molar-refractivity contribution >= 4 is 28.4 Å². The number of hydrogen-bond acceptors (Lipinski definition) is 8. The molecular formula is C20H28N8O. The monoisotopic (exact) mass is 396 g/mol. The lowest BCUT2D eigenvalue weighted by Gasteiger charge is -2.29. The normalized spacial score (nSPS) is 19.4. The number of nitrogens with two attached hydrogens (primary N) is 1. The van der Waals surface area contributed by atoms with Crippen molar-refractivity contribution in [1.82, 2.24) is 25.5 Å². The summed E-state index contributed by atoms with van der Waals surface area (Å²) in [6.07, 6.45) is 6.15. The molecule has 0 unspecified atom stereocenters. The van der Waals surface area contributed by atoms with Crippen LogP contribution in [0.5, 0.6) is 0 Å². The second-order valence-corrected chi connectivity index (χ2v) is 7.55. The molecule has 1 aliphatic rings. The van der Waals surface area contributed by atoms with Crippen molar-refractivity contribution in [2.75, 3.05) is 17.4 Å². The van der Waals surface area contributed by atoms with Crippen LogP contribution in [0.3, 0.4) is 0 Å². The molecule has 1 saturated carbocycles. The number of nitrogens with zero attached hydrogens (tertiary/aromatic N) is 3. The number of aromatic nitrogens is 4. The van der Waals surface area contributed by atoms with Gasteiger partial charge in [-0.1, -0.05) is 12.8 Å². The van der Waals surface area contributed by atoms with Crippen molar-refractivity contribution in [1.29, 1.82) is 0 Å². The number of rotatable bonds is 7. The molecule has 0 saturated heterocycles. The Bertz CT molecular complexity index is 972. The molecule has 2 aromatic heterocycles. The Labute approximate surface area is 169 Å². The molecular weight excluding hydrogens is 368 g/mol. The van der Waals surface area contributed by atoms with Crippen LogP contribution in [0.4, 0.5) is 17.5 Å². The van der Waals surface area contributed by atoms with Gasteiger partial charge in [0.2, 0.25) is 5.95 Å². The van der Waals surface area contributed by atoms with Crippen LogP contribution >= 0.6 is 0 Å². The quantitative estimate of drug-likeness (QED) is 0.334. The fourth-order valence-corrected chi connectivity index (χ4v) is 3.75. The topological polar surface area (TPSA) is 137 Å². The van der Waals surface area contributed by atoms with Crippen LogP contribution in [-0.4, -0.2) is 44.1 Å². The van der Waals surface area contributed by atoms with Crippen LogP contribution in [-0.2, 0) is 6.54 Å². The first-order valence-corrected chi connectivity index (χ1v) is 10.1. The second kappa shape index (κ2) is 8.73. The fourth-order valence-electron chi connectivity index (χ4n) is 3.75. The zero-order valence-corrected chi connectivity index (χ0v) is 16.6. The second-order valence-electron chi connectivity index (χ2n) is 7.55. The summed E-state index contributed by atoms with van der Waals surface area (Å²) in [5.74, 6) is 1.28. The lowest BCUT2D eigenvalue weighted by atomic mass is 9.91. The maximum atomic E-state index is 9.16. The first kappa shape index (κ1) is 19.6. The van der Waals surface area contributed by atoms with Gasteiger partial charge in [0.15, 0.2) is 0 Å². The SMILES string of the molecule is Cc1c(CNCO)nc(N[C@@H]2CCCC[C@@H]2N)nc1Nc1ccc2cn[nH]c2c1. The van der Waals surface area contributed by atoms with E-state index in [1.165, 1.54) is 6.42 Å². The summed E-state index contributed by atoms with van der Waals surface area (Å²) in [6, 6.07) is 6.27. The van der Waals surface area contributed by atoms with Crippen molar-refractivity contribution in [3.05, 3.63) is 35.7 Å². The van der Waals surface area contributed by atoms with E-state index in [0.29, 0.717) is 12.5 Å². The first-order valence-electron chi connectivity index (χ1n) is 10.1. The summed E-state index contributed by atoms with van der Waals surface area (Å²) in [4.78, 5) is 9.40. The minimum Gasteiger partial charge on any atom is -0.381 e. The molecule has 154 valence electrons. The Hall–Kier alpha value is -2.75. The number of aliphatic hydroxyl groups is 1. The number of H-pyrrole nitrogens is 1. The van der Waals surface area contributed by atoms with Gasteiger partial charge in [-0.2, -0.15) is 10.1 Å². The van der Waals surface area contributed by atoms with Crippen LogP contribution < -0.4 is 21.7 Å². The molecule has 2 atom stereocenters. The van der Waals surface area contributed by atoms with Crippen LogP contribution in [0.15, 0.2) is 24.4 Å². The van der Waals surface area contributed by atoms with E-state index in [2.05, 4.69) is 31.1 Å². The first-order chi connectivity index (χ1) is 14.1. The van der Waals surface area contributed by atoms with Crippen LogP contribution in [0.1, 0.15) is 36.9 Å². The standard InChI is InChI=1S/C20H28N8O/c1-12-18(10-22-11-29)26-20(25-16-5-3-2-4-15(16)21)27-19(12)24-14-7-6-13-9-23-28-17(13)8-14/h6-9,15-16,22,29H,2-5,10-11,21H2,1H3,(H,23,28)(H2,24,25,26,27)/t15-,16+/m0/s1. The van der Waals surface area contributed by atoms with E-state index in [4.69, 9.17) is 15.8 Å². The van der Waals surface area contributed by atoms with Gasteiger partial charge >= 0.3 is 0 Å². The largest absolute Gasteiger partial charge is 0.381 e. The van der Waals surface area contributed by atoms with Crippen LogP contribution in [0.2, 0.25) is 0 Å². The Morgan fingerprint density at radius 3 is 2.93 bits per heavy atom. The number of benzene rings is 1. The molecule has 9 nitrogen and oxygen atoms in total. The zero-order valence-electron chi connectivity index (χ0n) is 16.6. The molecule has 7 N–H and O–H groups in total. The van der Waals surface area contributed by atoms with Gasteiger partial charge in [-0.05, 0) is 38.0 Å². The number of aliphatic hydroxyl groups excluding tert-OH is 1. The van der Waals surface area contributed by atoms with Gasteiger partial charge in [0, 0.05) is 35.3 Å². The molecule has 4 rings (SSSR count). The predicted octanol–water partition coefficient (Wildman–Crippen LogP) is 2.13. The summed E-state index contributed by atoms with van der Waals surface area (Å²) in [5.41, 5.74) is 9.90. The number of aromatic amines is 1.